The van der Waals surface area contributed by atoms with Crippen molar-refractivity contribution in [3.05, 3.63) is 24.3 Å². The van der Waals surface area contributed by atoms with Gasteiger partial charge in [-0.3, -0.25) is 4.79 Å². The fraction of sp³-hybridized carbons (Fsp3) is 0.917. The molecule has 0 aromatic rings. The van der Waals surface area contributed by atoms with Crippen molar-refractivity contribution in [2.24, 2.45) is 0 Å². The summed E-state index contributed by atoms with van der Waals surface area (Å²) in [6.45, 7) is 3.79. The topological polar surface area (TPSA) is 149 Å². The second-order valence-corrected chi connectivity index (χ2v) is 21.1. The van der Waals surface area contributed by atoms with Crippen LogP contribution in [0.25, 0.3) is 0 Å². The van der Waals surface area contributed by atoms with E-state index in [1.165, 1.54) is 238 Å². The van der Waals surface area contributed by atoms with Gasteiger partial charge in [0.15, 0.2) is 6.29 Å². The molecule has 1 fully saturated rings. The molecule has 0 radical (unpaired) electrons. The number of carbonyl (C=O) groups is 1. The Morgan fingerprint density at radius 1 is 0.478 bits per heavy atom. The smallest absolute Gasteiger partial charge is 0.220 e. The third-order valence-corrected chi connectivity index (χ3v) is 14.5. The molecule has 0 aromatic heterocycles. The summed E-state index contributed by atoms with van der Waals surface area (Å²) in [6, 6.07) is -0.818. The van der Waals surface area contributed by atoms with Crippen molar-refractivity contribution in [1.82, 2.24) is 5.32 Å². The van der Waals surface area contributed by atoms with E-state index in [9.17, 15) is 30.3 Å². The molecule has 1 aliphatic heterocycles. The number of rotatable bonds is 52. The van der Waals surface area contributed by atoms with E-state index in [-0.39, 0.29) is 12.5 Å². The molecule has 1 heterocycles. The predicted octanol–water partition coefficient (Wildman–Crippen LogP) is 15.0. The molecule has 6 N–H and O–H groups in total. The van der Waals surface area contributed by atoms with Crippen LogP contribution in [0, 0.1) is 0 Å². The number of aliphatic hydroxyl groups excluding tert-OH is 5. The minimum atomic E-state index is -1.57. The van der Waals surface area contributed by atoms with Gasteiger partial charge in [-0.05, 0) is 32.1 Å². The number of allylic oxidation sites excluding steroid dienone is 3. The van der Waals surface area contributed by atoms with Crippen LogP contribution < -0.4 is 5.32 Å². The van der Waals surface area contributed by atoms with E-state index >= 15 is 0 Å². The van der Waals surface area contributed by atoms with Gasteiger partial charge in [-0.2, -0.15) is 0 Å². The number of aliphatic hydroxyl groups is 5. The van der Waals surface area contributed by atoms with Gasteiger partial charge >= 0.3 is 0 Å². The van der Waals surface area contributed by atoms with Gasteiger partial charge in [0.2, 0.25) is 5.91 Å². The summed E-state index contributed by atoms with van der Waals surface area (Å²) in [4.78, 5) is 13.0. The van der Waals surface area contributed by atoms with Crippen LogP contribution in [0.4, 0.5) is 0 Å². The van der Waals surface area contributed by atoms with E-state index in [0.29, 0.717) is 6.42 Å². The third-order valence-electron chi connectivity index (χ3n) is 14.5. The first-order valence-corrected chi connectivity index (χ1v) is 30.1. The van der Waals surface area contributed by atoms with Crippen molar-refractivity contribution in [3.63, 3.8) is 0 Å². The Bertz CT molecular complexity index is 1130. The van der Waals surface area contributed by atoms with Crippen LogP contribution in [0.5, 0.6) is 0 Å². The Kier molecular flexibility index (Phi) is 47.8. The summed E-state index contributed by atoms with van der Waals surface area (Å²) in [5.41, 5.74) is 0. The lowest BCUT2D eigenvalue weighted by atomic mass is 9.99. The monoisotopic (exact) mass is 978 g/mol. The van der Waals surface area contributed by atoms with Crippen LogP contribution in [-0.2, 0) is 14.3 Å². The Balaban J connectivity index is 2.15. The van der Waals surface area contributed by atoms with Crippen molar-refractivity contribution in [2.75, 3.05) is 13.2 Å². The van der Waals surface area contributed by atoms with Gasteiger partial charge in [-0.1, -0.05) is 282 Å². The second-order valence-electron chi connectivity index (χ2n) is 21.1. The number of carbonyl (C=O) groups excluding carboxylic acids is 1. The number of ether oxygens (including phenoxy) is 2. The highest BCUT2D eigenvalue weighted by Gasteiger charge is 2.44. The quantitative estimate of drug-likeness (QED) is 0.0261. The highest BCUT2D eigenvalue weighted by molar-refractivity contribution is 5.76. The van der Waals surface area contributed by atoms with E-state index in [0.717, 1.165) is 38.5 Å². The average molecular weight is 979 g/mol. The molecule has 1 saturated heterocycles. The van der Waals surface area contributed by atoms with Gasteiger partial charge < -0.3 is 40.3 Å². The van der Waals surface area contributed by atoms with Crippen molar-refractivity contribution in [1.29, 1.82) is 0 Å². The Morgan fingerprint density at radius 2 is 0.826 bits per heavy atom. The van der Waals surface area contributed by atoms with Crippen molar-refractivity contribution < 1.29 is 39.8 Å². The summed E-state index contributed by atoms with van der Waals surface area (Å²) in [7, 11) is 0. The highest BCUT2D eigenvalue weighted by atomic mass is 16.7. The zero-order chi connectivity index (χ0) is 50.1. The molecular weight excluding hydrogens is 863 g/mol. The molecule has 1 amide bonds. The predicted molar refractivity (Wildman–Crippen MR) is 290 cm³/mol. The normalized spacial score (nSPS) is 19.6. The highest BCUT2D eigenvalue weighted by Crippen LogP contribution is 2.23. The number of amides is 1. The zero-order valence-corrected chi connectivity index (χ0v) is 45.3. The molecule has 0 spiro atoms. The lowest BCUT2D eigenvalue weighted by Gasteiger charge is -2.40. The Morgan fingerprint density at radius 3 is 1.22 bits per heavy atom. The fourth-order valence-corrected chi connectivity index (χ4v) is 9.76. The molecule has 7 atom stereocenters. The van der Waals surface area contributed by atoms with Crippen LogP contribution in [-0.4, -0.2) is 87.5 Å². The second kappa shape index (κ2) is 50.2. The molecule has 0 aliphatic carbocycles. The van der Waals surface area contributed by atoms with E-state index in [1.807, 2.05) is 6.08 Å². The molecule has 0 saturated carbocycles. The summed E-state index contributed by atoms with van der Waals surface area (Å²) in [5.74, 6) is -0.181. The van der Waals surface area contributed by atoms with Crippen molar-refractivity contribution >= 4 is 5.91 Å². The largest absolute Gasteiger partial charge is 0.394 e. The minimum Gasteiger partial charge on any atom is -0.394 e. The Labute approximate surface area is 426 Å². The van der Waals surface area contributed by atoms with Gasteiger partial charge in [-0.15, -0.1) is 0 Å². The summed E-state index contributed by atoms with van der Waals surface area (Å²) >= 11 is 0. The fourth-order valence-electron chi connectivity index (χ4n) is 9.76. The van der Waals surface area contributed by atoms with Gasteiger partial charge in [0.1, 0.15) is 24.4 Å². The molecule has 7 unspecified atom stereocenters. The van der Waals surface area contributed by atoms with E-state index in [4.69, 9.17) is 9.47 Å². The molecule has 0 aromatic carbocycles. The minimum absolute atomic E-state index is 0.181. The van der Waals surface area contributed by atoms with Crippen LogP contribution in [0.1, 0.15) is 296 Å². The number of unbranched alkanes of at least 4 members (excludes halogenated alkanes) is 40. The number of hydrogen-bond acceptors (Lipinski definition) is 8. The average Bonchev–Trinajstić information content (AvgIpc) is 3.35. The van der Waals surface area contributed by atoms with Crippen LogP contribution in [0.3, 0.4) is 0 Å². The molecule has 69 heavy (non-hydrogen) atoms. The molecule has 408 valence electrons. The van der Waals surface area contributed by atoms with Crippen molar-refractivity contribution in [3.8, 4) is 0 Å². The van der Waals surface area contributed by atoms with Gasteiger partial charge in [-0.25, -0.2) is 0 Å². The van der Waals surface area contributed by atoms with Crippen LogP contribution in [0.15, 0.2) is 24.3 Å². The maximum Gasteiger partial charge on any atom is 0.220 e. The number of hydrogen-bond donors (Lipinski definition) is 6. The molecule has 1 rings (SSSR count). The summed E-state index contributed by atoms with van der Waals surface area (Å²) < 4.78 is 11.3. The maximum absolute atomic E-state index is 13.0. The van der Waals surface area contributed by atoms with Gasteiger partial charge in [0, 0.05) is 6.42 Å². The number of nitrogens with one attached hydrogen (secondary N) is 1. The molecular formula is C60H115NO8. The van der Waals surface area contributed by atoms with Crippen LogP contribution >= 0.6 is 0 Å². The lowest BCUT2D eigenvalue weighted by Crippen LogP contribution is -2.60. The van der Waals surface area contributed by atoms with Gasteiger partial charge in [0.25, 0.3) is 0 Å². The lowest BCUT2D eigenvalue weighted by molar-refractivity contribution is -0.302. The van der Waals surface area contributed by atoms with E-state index in [2.05, 4.69) is 31.3 Å². The van der Waals surface area contributed by atoms with Gasteiger partial charge in [0.05, 0.1) is 25.4 Å². The molecule has 1 aliphatic rings. The zero-order valence-electron chi connectivity index (χ0n) is 45.3. The molecule has 0 bridgehead atoms. The summed E-state index contributed by atoms with van der Waals surface area (Å²) in [6.07, 6.45) is 56.9. The molecule has 9 heteroatoms. The van der Waals surface area contributed by atoms with E-state index < -0.39 is 49.5 Å². The van der Waals surface area contributed by atoms with Crippen LogP contribution in [0.2, 0.25) is 0 Å². The first-order chi connectivity index (χ1) is 33.8. The third kappa shape index (κ3) is 39.8. The summed E-state index contributed by atoms with van der Waals surface area (Å²) in [5, 5.41) is 54.5. The maximum atomic E-state index is 13.0. The van der Waals surface area contributed by atoms with Crippen molar-refractivity contribution in [2.45, 2.75) is 339 Å². The Hall–Kier alpha value is -1.33. The first kappa shape index (κ1) is 65.7. The van der Waals surface area contributed by atoms with E-state index in [1.54, 1.807) is 6.08 Å². The first-order valence-electron chi connectivity index (χ1n) is 30.1. The SMILES string of the molecule is CCCCCCCCCCCC/C=C/CC/C=C/C(O)C(COC1OC(CO)C(O)C(O)C1O)NC(=O)CCCCCCCCCCCCCCCCCCCCCCCCCCCCCCCC. The standard InChI is InChI=1S/C60H115NO8/c1-3-5-7-9-11-13-15-17-19-21-22-23-24-25-26-27-28-29-30-31-32-33-34-36-38-40-42-44-46-48-50-56(64)61-53(52-68-60-59(67)58(66)57(65)55(51-62)69-60)54(63)49-47-45-43-41-39-37-35-20-18-16-14-12-10-8-6-4-2/h39,41,47,49,53-55,57-60,62-63,65-67H,3-38,40,42-46,48,50-52H2,1-2H3,(H,61,64)/b41-39+,49-47+. The molecule has 9 nitrogen and oxygen atoms in total.